The first kappa shape index (κ1) is 38.3. The second kappa shape index (κ2) is 14.6. The van der Waals surface area contributed by atoms with Gasteiger partial charge in [-0.3, -0.25) is 19.1 Å². The van der Waals surface area contributed by atoms with E-state index in [9.17, 15) is 32.4 Å². The Morgan fingerprint density at radius 2 is 1.76 bits per heavy atom. The minimum Gasteiger partial charge on any atom is -0.497 e. The van der Waals surface area contributed by atoms with Crippen molar-refractivity contribution in [2.45, 2.75) is 92.3 Å². The van der Waals surface area contributed by atoms with Gasteiger partial charge in [0.2, 0.25) is 27.7 Å². The van der Waals surface area contributed by atoms with Gasteiger partial charge in [-0.05, 0) is 61.3 Å². The molecule has 4 N–H and O–H groups in total. The molecular weight excluding hydrogens is 799 g/mol. The highest BCUT2D eigenvalue weighted by Gasteiger charge is 2.62. The van der Waals surface area contributed by atoms with Gasteiger partial charge in [0.05, 0.1) is 26.0 Å². The third-order valence-electron chi connectivity index (χ3n) is 9.18. The van der Waals surface area contributed by atoms with Gasteiger partial charge >= 0.3 is 12.0 Å². The lowest BCUT2D eigenvalue weighted by atomic mass is 9.85. The fourth-order valence-electron chi connectivity index (χ4n) is 5.93. The fraction of sp³-hybridized carbons (Fsp3) is 0.576. The number of nitrogens with zero attached hydrogens (tertiary/aromatic N) is 2. The first-order chi connectivity index (χ1) is 23.9. The van der Waals surface area contributed by atoms with Gasteiger partial charge in [0, 0.05) is 21.9 Å². The van der Waals surface area contributed by atoms with Crippen LogP contribution in [0.1, 0.15) is 53.4 Å². The van der Waals surface area contributed by atoms with Crippen molar-refractivity contribution in [1.82, 2.24) is 30.6 Å². The molecule has 5 amide bonds. The molecule has 3 aliphatic rings. The number of methoxy groups -OCH3 is 2. The van der Waals surface area contributed by atoms with Crippen LogP contribution in [0.2, 0.25) is 0 Å². The molecule has 278 valence electrons. The Kier molecular flexibility index (Phi) is 11.0. The van der Waals surface area contributed by atoms with E-state index >= 15 is 0 Å². The molecule has 1 aromatic carbocycles. The number of halogens is 1. The molecule has 5 rings (SSSR count). The summed E-state index contributed by atoms with van der Waals surface area (Å²) in [5, 5.41) is 8.70. The summed E-state index contributed by atoms with van der Waals surface area (Å²) in [7, 11) is -1.14. The minimum absolute atomic E-state index is 0.00177. The molecule has 18 heteroatoms. The number of alkyl halides is 1. The van der Waals surface area contributed by atoms with E-state index < -0.39 is 84.1 Å². The number of amides is 5. The highest BCUT2D eigenvalue weighted by molar-refractivity contribution is 14.1. The number of carbonyl (C=O) groups is 5. The van der Waals surface area contributed by atoms with Crippen LogP contribution in [-0.2, 0) is 33.9 Å². The number of rotatable bonds is 12. The molecule has 16 nitrogen and oxygen atoms in total. The minimum atomic E-state index is -3.88. The van der Waals surface area contributed by atoms with Crippen molar-refractivity contribution in [2.75, 3.05) is 20.8 Å². The smallest absolute Gasteiger partial charge is 0.328 e. The van der Waals surface area contributed by atoms with Crippen molar-refractivity contribution in [1.29, 1.82) is 0 Å². The average molecular weight is 843 g/mol. The Morgan fingerprint density at radius 1 is 1.08 bits per heavy atom. The zero-order valence-electron chi connectivity index (χ0n) is 29.1. The van der Waals surface area contributed by atoms with Gasteiger partial charge in [-0.15, -0.1) is 0 Å². The number of sulfonamides is 1. The number of hydrogen-bond donors (Lipinski definition) is 4. The Hall–Kier alpha value is -3.94. The van der Waals surface area contributed by atoms with E-state index in [1.807, 2.05) is 28.7 Å². The molecule has 0 bridgehead atoms. The Labute approximate surface area is 309 Å². The number of nitrogens with one attached hydrogen (secondary N) is 4. The molecule has 1 saturated heterocycles. The van der Waals surface area contributed by atoms with Gasteiger partial charge in [0.15, 0.2) is 0 Å². The number of carbonyl (C=O) groups excluding carboxylic acids is 5. The summed E-state index contributed by atoms with van der Waals surface area (Å²) in [5.74, 6) is -1.90. The molecule has 3 fully saturated rings. The summed E-state index contributed by atoms with van der Waals surface area (Å²) >= 11 is 1.99. The number of urea groups is 1. The molecule has 0 unspecified atom stereocenters. The predicted molar refractivity (Wildman–Crippen MR) is 193 cm³/mol. The lowest BCUT2D eigenvalue weighted by molar-refractivity contribution is -0.142. The van der Waals surface area contributed by atoms with Gasteiger partial charge < -0.3 is 35.1 Å². The predicted octanol–water partition coefficient (Wildman–Crippen LogP) is 1.54. The molecule has 1 aromatic heterocycles. The first-order valence-corrected chi connectivity index (χ1v) is 19.3. The van der Waals surface area contributed by atoms with Crippen LogP contribution in [0.15, 0.2) is 30.5 Å². The van der Waals surface area contributed by atoms with Crippen LogP contribution < -0.4 is 30.1 Å². The molecule has 2 heterocycles. The summed E-state index contributed by atoms with van der Waals surface area (Å²) in [4.78, 5) is 72.5. The van der Waals surface area contributed by atoms with Crippen LogP contribution in [0.5, 0.6) is 11.6 Å². The number of aromatic nitrogens is 1. The number of benzene rings is 1. The molecule has 1 aliphatic heterocycles. The third-order valence-corrected chi connectivity index (χ3v) is 12.5. The van der Waals surface area contributed by atoms with Gasteiger partial charge in [-0.25, -0.2) is 23.0 Å². The van der Waals surface area contributed by atoms with Crippen LogP contribution in [-0.4, -0.2) is 108 Å². The van der Waals surface area contributed by atoms with Crippen LogP contribution in [0.3, 0.4) is 0 Å². The highest BCUT2D eigenvalue weighted by Crippen LogP contribution is 2.44. The highest BCUT2D eigenvalue weighted by atomic mass is 127. The summed E-state index contributed by atoms with van der Waals surface area (Å²) in [6, 6.07) is 3.00. The second-order valence-electron chi connectivity index (χ2n) is 14.2. The topological polar surface area (TPSA) is 211 Å². The molecule has 2 saturated carbocycles. The van der Waals surface area contributed by atoms with Gasteiger partial charge in [0.25, 0.3) is 5.91 Å². The maximum atomic E-state index is 14.4. The molecule has 6 atom stereocenters. The van der Waals surface area contributed by atoms with E-state index in [1.54, 1.807) is 52.3 Å². The molecule has 0 spiro atoms. The van der Waals surface area contributed by atoms with E-state index in [0.717, 1.165) is 5.39 Å². The number of ether oxygens (including phenoxy) is 3. The van der Waals surface area contributed by atoms with Crippen LogP contribution in [0.4, 0.5) is 4.79 Å². The lowest BCUT2D eigenvalue weighted by Gasteiger charge is -2.35. The number of pyridine rings is 1. The summed E-state index contributed by atoms with van der Waals surface area (Å²) in [6.07, 6.45) is 1.93. The average Bonchev–Trinajstić information content (AvgIpc) is 3.99. The van der Waals surface area contributed by atoms with Crippen molar-refractivity contribution in [3.63, 3.8) is 0 Å². The van der Waals surface area contributed by atoms with E-state index in [2.05, 4.69) is 30.4 Å². The van der Waals surface area contributed by atoms with Crippen molar-refractivity contribution in [2.24, 2.45) is 5.41 Å². The van der Waals surface area contributed by atoms with E-state index in [0.29, 0.717) is 24.0 Å². The summed E-state index contributed by atoms with van der Waals surface area (Å²) in [6.45, 7) is 6.55. The normalized spacial score (nSPS) is 24.1. The summed E-state index contributed by atoms with van der Waals surface area (Å²) in [5.41, 5.74) is -2.36. The molecular formula is C33H43IN6O10S. The maximum Gasteiger partial charge on any atom is 0.328 e. The zero-order chi connectivity index (χ0) is 37.5. The summed E-state index contributed by atoms with van der Waals surface area (Å²) < 4.78 is 43.3. The van der Waals surface area contributed by atoms with E-state index in [-0.39, 0.29) is 25.3 Å². The Balaban J connectivity index is 1.42. The quantitative estimate of drug-likeness (QED) is 0.137. The number of hydrogen-bond acceptors (Lipinski definition) is 11. The van der Waals surface area contributed by atoms with Crippen molar-refractivity contribution in [3.8, 4) is 11.6 Å². The fourth-order valence-corrected chi connectivity index (χ4v) is 8.43. The third kappa shape index (κ3) is 8.42. The number of fused-ring (bicyclic) bond motifs is 1. The van der Waals surface area contributed by atoms with E-state index in [1.165, 1.54) is 18.9 Å². The zero-order valence-corrected chi connectivity index (χ0v) is 32.1. The van der Waals surface area contributed by atoms with Gasteiger partial charge in [0.1, 0.15) is 35.5 Å². The molecule has 2 aromatic rings. The lowest BCUT2D eigenvalue weighted by Crippen LogP contribution is -2.61. The van der Waals surface area contributed by atoms with Crippen molar-refractivity contribution in [3.05, 3.63) is 30.5 Å². The maximum absolute atomic E-state index is 14.4. The molecule has 2 aliphatic carbocycles. The standard InChI is InChI=1S/C33H43IN6O10S/c1-17(29(43)49-6)36-31(45)37-25(32(2,3)4)28(42)40-16-20(50-27-22-10-7-19(48-5)13-18(22)11-12-35-27)14-23(40)26(41)38-33(15-24(33)34)30(44)39-51(46,47)21-8-9-21/h7,10-13,17,20-21,23-25H,8-9,14-16H2,1-6H3,(H,38,41)(H,39,44)(H2,36,37,45)/t17-,20+,23-,24+,25+,33+/m0/s1. The van der Waals surface area contributed by atoms with Crippen LogP contribution >= 0.6 is 22.6 Å². The monoisotopic (exact) mass is 842 g/mol. The number of esters is 1. The van der Waals surface area contributed by atoms with Gasteiger partial charge in [-0.1, -0.05) is 43.4 Å². The molecule has 0 radical (unpaired) electrons. The van der Waals surface area contributed by atoms with Crippen LogP contribution in [0, 0.1) is 5.41 Å². The Morgan fingerprint density at radius 3 is 2.35 bits per heavy atom. The van der Waals surface area contributed by atoms with Crippen LogP contribution in [0.25, 0.3) is 10.8 Å². The van der Waals surface area contributed by atoms with E-state index in [4.69, 9.17) is 9.47 Å². The van der Waals surface area contributed by atoms with Gasteiger partial charge in [-0.2, -0.15) is 0 Å². The molecule has 51 heavy (non-hydrogen) atoms. The second-order valence-corrected chi connectivity index (χ2v) is 17.6. The first-order valence-electron chi connectivity index (χ1n) is 16.5. The van der Waals surface area contributed by atoms with Crippen molar-refractivity contribution >= 4 is 73.1 Å². The number of likely N-dealkylation sites (tertiary alicyclic amines) is 1. The Bertz CT molecular complexity index is 1830. The largest absolute Gasteiger partial charge is 0.497 e. The SMILES string of the molecule is COC(=O)[C@H](C)NC(=O)N[C@H](C(=O)N1C[C@H](Oc2nccc3cc(OC)ccc23)C[C@H]1C(=O)N[C@]1(C(=O)NS(=O)(=O)C2CC2)C[C@H]1I)C(C)(C)C. The van der Waals surface area contributed by atoms with Crippen molar-refractivity contribution < 1.29 is 46.6 Å².